The van der Waals surface area contributed by atoms with E-state index in [4.69, 9.17) is 5.11 Å². The first kappa shape index (κ1) is 15.2. The second-order valence-corrected chi connectivity index (χ2v) is 5.15. The molecule has 2 amide bonds. The number of rotatable bonds is 6. The maximum Gasteiger partial charge on any atom is 0.315 e. The van der Waals surface area contributed by atoms with Gasteiger partial charge in [0.2, 0.25) is 0 Å². The molecule has 0 aromatic carbocycles. The topological polar surface area (TPSA) is 64.6 Å². The van der Waals surface area contributed by atoms with Crippen LogP contribution in [0, 0.1) is 0 Å². The van der Waals surface area contributed by atoms with Gasteiger partial charge in [-0.2, -0.15) is 0 Å². The molecule has 0 aromatic heterocycles. The quantitative estimate of drug-likeness (QED) is 0.663. The summed E-state index contributed by atoms with van der Waals surface area (Å²) in [6.45, 7) is 7.51. The van der Waals surface area contributed by atoms with Crippen molar-refractivity contribution in [2.45, 2.75) is 51.6 Å². The first-order valence-electron chi connectivity index (χ1n) is 7.06. The molecule has 1 aliphatic rings. The van der Waals surface area contributed by atoms with Gasteiger partial charge in [0.05, 0.1) is 0 Å². The van der Waals surface area contributed by atoms with Crippen LogP contribution < -0.4 is 10.6 Å². The second kappa shape index (κ2) is 8.32. The fraction of sp³-hybridized carbons (Fsp3) is 0.923. The maximum atomic E-state index is 11.7. The molecular formula is C13H27N3O2. The van der Waals surface area contributed by atoms with Crippen LogP contribution in [0.5, 0.6) is 0 Å². The van der Waals surface area contributed by atoms with Crippen LogP contribution in [-0.4, -0.2) is 54.4 Å². The second-order valence-electron chi connectivity index (χ2n) is 5.15. The highest BCUT2D eigenvalue weighted by atomic mass is 16.3. The number of nitrogens with one attached hydrogen (secondary N) is 2. The van der Waals surface area contributed by atoms with Crippen molar-refractivity contribution in [3.63, 3.8) is 0 Å². The number of nitrogens with zero attached hydrogens (tertiary/aromatic N) is 1. The van der Waals surface area contributed by atoms with Crippen LogP contribution in [0.1, 0.15) is 39.5 Å². The number of aliphatic hydroxyl groups is 1. The summed E-state index contributed by atoms with van der Waals surface area (Å²) in [5, 5.41) is 14.6. The summed E-state index contributed by atoms with van der Waals surface area (Å²) in [5.74, 6) is 0. The van der Waals surface area contributed by atoms with Crippen molar-refractivity contribution < 1.29 is 9.90 Å². The van der Waals surface area contributed by atoms with Gasteiger partial charge in [0, 0.05) is 31.8 Å². The van der Waals surface area contributed by atoms with Gasteiger partial charge in [-0.15, -0.1) is 0 Å². The Kier molecular flexibility index (Phi) is 7.05. The Hall–Kier alpha value is -0.810. The minimum atomic E-state index is -0.107. The highest BCUT2D eigenvalue weighted by Gasteiger charge is 2.20. The first-order chi connectivity index (χ1) is 8.65. The molecule has 3 N–H and O–H groups in total. The van der Waals surface area contributed by atoms with Gasteiger partial charge in [-0.25, -0.2) is 4.79 Å². The molecule has 1 rings (SSSR count). The average molecular weight is 257 g/mol. The van der Waals surface area contributed by atoms with Crippen LogP contribution in [0.3, 0.4) is 0 Å². The molecule has 5 nitrogen and oxygen atoms in total. The standard InChI is InChI=1S/C13H27N3O2/c1-3-7-16-8-4-12(5-9-16)15-13(18)14-11(2)6-10-17/h11-12,17H,3-10H2,1-2H3,(H2,14,15,18)/t11-/m1/s1. The average Bonchev–Trinajstić information content (AvgIpc) is 2.32. The Bertz CT molecular complexity index is 240. The molecule has 0 bridgehead atoms. The number of urea groups is 1. The van der Waals surface area contributed by atoms with E-state index in [2.05, 4.69) is 22.5 Å². The van der Waals surface area contributed by atoms with Gasteiger partial charge < -0.3 is 20.6 Å². The summed E-state index contributed by atoms with van der Waals surface area (Å²) < 4.78 is 0. The molecule has 0 saturated carbocycles. The van der Waals surface area contributed by atoms with Gasteiger partial charge in [-0.05, 0) is 39.2 Å². The monoisotopic (exact) mass is 257 g/mol. The minimum absolute atomic E-state index is 0.0233. The van der Waals surface area contributed by atoms with Crippen LogP contribution in [0.2, 0.25) is 0 Å². The Balaban J connectivity index is 2.18. The van der Waals surface area contributed by atoms with E-state index in [9.17, 15) is 4.79 Å². The van der Waals surface area contributed by atoms with E-state index in [-0.39, 0.29) is 18.7 Å². The van der Waals surface area contributed by atoms with Gasteiger partial charge in [0.25, 0.3) is 0 Å². The lowest BCUT2D eigenvalue weighted by Crippen LogP contribution is -2.49. The van der Waals surface area contributed by atoms with Gasteiger partial charge in [0.15, 0.2) is 0 Å². The van der Waals surface area contributed by atoms with E-state index in [0.717, 1.165) is 32.5 Å². The number of carbonyl (C=O) groups is 1. The number of likely N-dealkylation sites (tertiary alicyclic amines) is 1. The summed E-state index contributed by atoms with van der Waals surface area (Å²) >= 11 is 0. The van der Waals surface area contributed by atoms with E-state index in [0.29, 0.717) is 12.5 Å². The van der Waals surface area contributed by atoms with E-state index in [1.54, 1.807) is 0 Å². The molecule has 0 aromatic rings. The molecule has 0 spiro atoms. The highest BCUT2D eigenvalue weighted by Crippen LogP contribution is 2.10. The molecule has 0 aliphatic carbocycles. The summed E-state index contributed by atoms with van der Waals surface area (Å²) in [6.07, 6.45) is 3.85. The zero-order chi connectivity index (χ0) is 13.4. The van der Waals surface area contributed by atoms with Crippen molar-refractivity contribution >= 4 is 6.03 Å². The first-order valence-corrected chi connectivity index (χ1v) is 7.06. The Labute approximate surface area is 110 Å². The van der Waals surface area contributed by atoms with Crippen molar-refractivity contribution in [2.75, 3.05) is 26.2 Å². The predicted molar refractivity (Wildman–Crippen MR) is 72.6 cm³/mol. The Morgan fingerprint density at radius 1 is 1.44 bits per heavy atom. The zero-order valence-electron chi connectivity index (χ0n) is 11.6. The molecule has 106 valence electrons. The summed E-state index contributed by atoms with van der Waals surface area (Å²) in [5.41, 5.74) is 0. The van der Waals surface area contributed by atoms with Crippen molar-refractivity contribution in [3.8, 4) is 0 Å². The molecule has 1 atom stereocenters. The van der Waals surface area contributed by atoms with Crippen LogP contribution in [-0.2, 0) is 0 Å². The summed E-state index contributed by atoms with van der Waals surface area (Å²) in [4.78, 5) is 14.1. The van der Waals surface area contributed by atoms with Crippen molar-refractivity contribution in [2.24, 2.45) is 0 Å². The third kappa shape index (κ3) is 5.69. The van der Waals surface area contributed by atoms with Crippen molar-refractivity contribution in [1.29, 1.82) is 0 Å². The normalized spacial score (nSPS) is 19.5. The number of amides is 2. The largest absolute Gasteiger partial charge is 0.396 e. The fourth-order valence-corrected chi connectivity index (χ4v) is 2.33. The molecule has 18 heavy (non-hydrogen) atoms. The zero-order valence-corrected chi connectivity index (χ0v) is 11.6. The number of hydrogen-bond acceptors (Lipinski definition) is 3. The Morgan fingerprint density at radius 3 is 2.67 bits per heavy atom. The SMILES string of the molecule is CCCN1CCC(NC(=O)N[C@H](C)CCO)CC1. The molecular weight excluding hydrogens is 230 g/mol. The van der Waals surface area contributed by atoms with Crippen LogP contribution in [0.4, 0.5) is 4.79 Å². The van der Waals surface area contributed by atoms with E-state index >= 15 is 0 Å². The Morgan fingerprint density at radius 2 is 2.11 bits per heavy atom. The predicted octanol–water partition coefficient (Wildman–Crippen LogP) is 0.931. The number of piperidine rings is 1. The van der Waals surface area contributed by atoms with E-state index < -0.39 is 0 Å². The lowest BCUT2D eigenvalue weighted by Gasteiger charge is -2.32. The van der Waals surface area contributed by atoms with Crippen LogP contribution in [0.25, 0.3) is 0 Å². The molecule has 0 radical (unpaired) electrons. The summed E-state index contributed by atoms with van der Waals surface area (Å²) in [6, 6.07) is 0.208. The van der Waals surface area contributed by atoms with Gasteiger partial charge in [-0.3, -0.25) is 0 Å². The third-order valence-corrected chi connectivity index (χ3v) is 3.40. The molecule has 1 heterocycles. The molecule has 5 heteroatoms. The maximum absolute atomic E-state index is 11.7. The van der Waals surface area contributed by atoms with Gasteiger partial charge in [-0.1, -0.05) is 6.92 Å². The fourth-order valence-electron chi connectivity index (χ4n) is 2.33. The molecule has 1 fully saturated rings. The minimum Gasteiger partial charge on any atom is -0.396 e. The smallest absolute Gasteiger partial charge is 0.315 e. The number of carbonyl (C=O) groups excluding carboxylic acids is 1. The highest BCUT2D eigenvalue weighted by molar-refractivity contribution is 5.74. The molecule has 0 unspecified atom stereocenters. The lowest BCUT2D eigenvalue weighted by atomic mass is 10.1. The van der Waals surface area contributed by atoms with E-state index in [1.807, 2.05) is 6.92 Å². The van der Waals surface area contributed by atoms with Crippen molar-refractivity contribution in [1.82, 2.24) is 15.5 Å². The lowest BCUT2D eigenvalue weighted by molar-refractivity contribution is 0.190. The van der Waals surface area contributed by atoms with E-state index in [1.165, 1.54) is 6.42 Å². The van der Waals surface area contributed by atoms with Crippen molar-refractivity contribution in [3.05, 3.63) is 0 Å². The number of aliphatic hydroxyl groups excluding tert-OH is 1. The van der Waals surface area contributed by atoms with Gasteiger partial charge >= 0.3 is 6.03 Å². The third-order valence-electron chi connectivity index (χ3n) is 3.40. The van der Waals surface area contributed by atoms with Gasteiger partial charge in [0.1, 0.15) is 0 Å². The molecule has 1 saturated heterocycles. The summed E-state index contributed by atoms with van der Waals surface area (Å²) in [7, 11) is 0. The van der Waals surface area contributed by atoms with Crippen LogP contribution in [0.15, 0.2) is 0 Å². The van der Waals surface area contributed by atoms with Crippen LogP contribution >= 0.6 is 0 Å². The molecule has 1 aliphatic heterocycles. The number of hydrogen-bond donors (Lipinski definition) is 3.